The first kappa shape index (κ1) is 30.7. The zero-order valence-corrected chi connectivity index (χ0v) is 27.5. The third-order valence-corrected chi connectivity index (χ3v) is 8.49. The van der Waals surface area contributed by atoms with Crippen LogP contribution in [-0.4, -0.2) is 0 Å². The van der Waals surface area contributed by atoms with E-state index in [0.717, 1.165) is 33.9 Å². The molecule has 0 saturated heterocycles. The molecule has 0 saturated carbocycles. The molecule has 0 heterocycles. The second kappa shape index (κ2) is 13.3. The standard InChI is InChI=1S/C44H42N2/c1-33-13-9-11-17-42(33)46(43-18-12-10-14-34(43)2)41-29-23-36(24-30-41)20-19-35-21-27-39(28-22-35)45(38-15-7-6-8-16-38)40-31-25-37(26-32-40)44(3,4)5/h6-32H,1-5H3. The number of nitrogens with zero attached hydrogens (tertiary/aromatic N) is 2. The van der Waals surface area contributed by atoms with Crippen LogP contribution in [0.25, 0.3) is 12.2 Å². The molecule has 0 aliphatic rings. The van der Waals surface area contributed by atoms with E-state index < -0.39 is 0 Å². The lowest BCUT2D eigenvalue weighted by Gasteiger charge is -2.28. The van der Waals surface area contributed by atoms with Gasteiger partial charge in [0.05, 0.1) is 0 Å². The van der Waals surface area contributed by atoms with Crippen LogP contribution in [-0.2, 0) is 5.41 Å². The fourth-order valence-corrected chi connectivity index (χ4v) is 5.83. The first-order valence-electron chi connectivity index (χ1n) is 16.0. The largest absolute Gasteiger partial charge is 0.311 e. The highest BCUT2D eigenvalue weighted by molar-refractivity contribution is 5.82. The quantitative estimate of drug-likeness (QED) is 0.161. The van der Waals surface area contributed by atoms with Gasteiger partial charge in [-0.15, -0.1) is 0 Å². The minimum atomic E-state index is 0.117. The van der Waals surface area contributed by atoms with Gasteiger partial charge in [0.2, 0.25) is 0 Å². The van der Waals surface area contributed by atoms with Gasteiger partial charge in [0.25, 0.3) is 0 Å². The summed E-state index contributed by atoms with van der Waals surface area (Å²) in [5.41, 5.74) is 13.2. The number of aryl methyl sites for hydroxylation is 2. The van der Waals surface area contributed by atoms with E-state index in [-0.39, 0.29) is 5.41 Å². The molecular formula is C44H42N2. The van der Waals surface area contributed by atoms with Crippen molar-refractivity contribution >= 4 is 46.3 Å². The molecule has 0 unspecified atom stereocenters. The average Bonchev–Trinajstić information content (AvgIpc) is 3.07. The summed E-state index contributed by atoms with van der Waals surface area (Å²) >= 11 is 0. The Morgan fingerprint density at radius 3 is 1.20 bits per heavy atom. The molecule has 0 radical (unpaired) electrons. The third-order valence-electron chi connectivity index (χ3n) is 8.49. The summed E-state index contributed by atoms with van der Waals surface area (Å²) in [6.07, 6.45) is 4.37. The summed E-state index contributed by atoms with van der Waals surface area (Å²) < 4.78 is 0. The summed E-state index contributed by atoms with van der Waals surface area (Å²) in [7, 11) is 0. The van der Waals surface area contributed by atoms with E-state index in [4.69, 9.17) is 0 Å². The molecule has 0 atom stereocenters. The highest BCUT2D eigenvalue weighted by Crippen LogP contribution is 2.39. The Morgan fingerprint density at radius 1 is 0.391 bits per heavy atom. The van der Waals surface area contributed by atoms with E-state index >= 15 is 0 Å². The number of anilines is 6. The molecule has 0 N–H and O–H groups in total. The maximum atomic E-state index is 2.35. The topological polar surface area (TPSA) is 6.48 Å². The van der Waals surface area contributed by atoms with Crippen molar-refractivity contribution in [2.24, 2.45) is 0 Å². The molecule has 0 bridgehead atoms. The lowest BCUT2D eigenvalue weighted by Crippen LogP contribution is -2.13. The SMILES string of the molecule is Cc1ccccc1N(c1ccc(C=Cc2ccc(N(c3ccccc3)c3ccc(C(C)(C)C)cc3)cc2)cc1)c1ccccc1C. The average molecular weight is 599 g/mol. The minimum absolute atomic E-state index is 0.117. The van der Waals surface area contributed by atoms with Crippen LogP contribution in [0.3, 0.4) is 0 Å². The Morgan fingerprint density at radius 2 is 0.761 bits per heavy atom. The predicted molar refractivity (Wildman–Crippen MR) is 199 cm³/mol. The molecule has 6 rings (SSSR count). The summed E-state index contributed by atoms with van der Waals surface area (Å²) in [6.45, 7) is 11.1. The van der Waals surface area contributed by atoms with Crippen molar-refractivity contribution in [3.05, 3.63) is 179 Å². The van der Waals surface area contributed by atoms with Gasteiger partial charge in [-0.3, -0.25) is 0 Å². The summed E-state index contributed by atoms with van der Waals surface area (Å²) in [4.78, 5) is 4.67. The molecule has 6 aromatic rings. The van der Waals surface area contributed by atoms with Crippen molar-refractivity contribution in [1.29, 1.82) is 0 Å². The van der Waals surface area contributed by atoms with E-state index in [9.17, 15) is 0 Å². The van der Waals surface area contributed by atoms with Crippen LogP contribution < -0.4 is 9.80 Å². The van der Waals surface area contributed by atoms with Gasteiger partial charge in [-0.05, 0) is 108 Å². The van der Waals surface area contributed by atoms with Gasteiger partial charge in [-0.25, -0.2) is 0 Å². The van der Waals surface area contributed by atoms with Crippen LogP contribution in [0, 0.1) is 13.8 Å². The molecule has 0 aliphatic carbocycles. The second-order valence-corrected chi connectivity index (χ2v) is 12.9. The second-order valence-electron chi connectivity index (χ2n) is 12.9. The van der Waals surface area contributed by atoms with Crippen molar-refractivity contribution in [2.45, 2.75) is 40.0 Å². The Kier molecular flexibility index (Phi) is 8.90. The van der Waals surface area contributed by atoms with Gasteiger partial charge < -0.3 is 9.80 Å². The first-order chi connectivity index (χ1) is 22.3. The maximum absolute atomic E-state index is 2.35. The van der Waals surface area contributed by atoms with Crippen LogP contribution in [0.15, 0.2) is 152 Å². The fourth-order valence-electron chi connectivity index (χ4n) is 5.83. The van der Waals surface area contributed by atoms with Crippen LogP contribution in [0.2, 0.25) is 0 Å². The van der Waals surface area contributed by atoms with Crippen LogP contribution in [0.1, 0.15) is 48.6 Å². The van der Waals surface area contributed by atoms with E-state index in [0.29, 0.717) is 0 Å². The summed E-state index contributed by atoms with van der Waals surface area (Å²) in [5, 5.41) is 0. The van der Waals surface area contributed by atoms with Crippen molar-refractivity contribution < 1.29 is 0 Å². The van der Waals surface area contributed by atoms with Gasteiger partial charge in [0.1, 0.15) is 0 Å². The normalized spacial score (nSPS) is 11.5. The number of hydrogen-bond donors (Lipinski definition) is 0. The Labute approximate surface area is 274 Å². The Hall–Kier alpha value is -5.34. The first-order valence-corrected chi connectivity index (χ1v) is 16.0. The number of benzene rings is 6. The Bertz CT molecular complexity index is 1870. The highest BCUT2D eigenvalue weighted by atomic mass is 15.1. The molecule has 228 valence electrons. The minimum Gasteiger partial charge on any atom is -0.311 e. The lowest BCUT2D eigenvalue weighted by molar-refractivity contribution is 0.590. The van der Waals surface area contributed by atoms with E-state index in [1.54, 1.807) is 0 Å². The molecule has 0 amide bonds. The molecule has 0 aliphatic heterocycles. The zero-order valence-electron chi connectivity index (χ0n) is 27.5. The highest BCUT2D eigenvalue weighted by Gasteiger charge is 2.17. The third kappa shape index (κ3) is 6.82. The molecule has 46 heavy (non-hydrogen) atoms. The molecule has 0 aromatic heterocycles. The molecule has 2 heteroatoms. The van der Waals surface area contributed by atoms with Crippen LogP contribution >= 0.6 is 0 Å². The number of para-hydroxylation sites is 3. The lowest BCUT2D eigenvalue weighted by atomic mass is 9.87. The van der Waals surface area contributed by atoms with Crippen LogP contribution in [0.5, 0.6) is 0 Å². The predicted octanol–water partition coefficient (Wildman–Crippen LogP) is 12.7. The van der Waals surface area contributed by atoms with Crippen molar-refractivity contribution in [2.75, 3.05) is 9.80 Å². The molecule has 0 spiro atoms. The zero-order chi connectivity index (χ0) is 32.1. The number of rotatable bonds is 8. The fraction of sp³-hybridized carbons (Fsp3) is 0.136. The van der Waals surface area contributed by atoms with Crippen molar-refractivity contribution in [3.63, 3.8) is 0 Å². The van der Waals surface area contributed by atoms with E-state index in [1.807, 2.05) is 0 Å². The van der Waals surface area contributed by atoms with Gasteiger partial charge in [0.15, 0.2) is 0 Å². The molecule has 0 fully saturated rings. The smallest absolute Gasteiger partial charge is 0.0490 e. The monoisotopic (exact) mass is 598 g/mol. The van der Waals surface area contributed by atoms with Crippen LogP contribution in [0.4, 0.5) is 34.1 Å². The van der Waals surface area contributed by atoms with Crippen molar-refractivity contribution in [3.8, 4) is 0 Å². The van der Waals surface area contributed by atoms with Gasteiger partial charge in [-0.2, -0.15) is 0 Å². The molecular weight excluding hydrogens is 556 g/mol. The molecule has 6 aromatic carbocycles. The summed E-state index contributed by atoms with van der Waals surface area (Å²) in [5.74, 6) is 0. The van der Waals surface area contributed by atoms with Crippen molar-refractivity contribution in [1.82, 2.24) is 0 Å². The summed E-state index contributed by atoms with van der Waals surface area (Å²) in [6, 6.07) is 54.3. The maximum Gasteiger partial charge on any atom is 0.0490 e. The van der Waals surface area contributed by atoms with Gasteiger partial charge >= 0.3 is 0 Å². The van der Waals surface area contributed by atoms with E-state index in [2.05, 4.69) is 208 Å². The van der Waals surface area contributed by atoms with Gasteiger partial charge in [-0.1, -0.05) is 124 Å². The van der Waals surface area contributed by atoms with Gasteiger partial charge in [0, 0.05) is 34.1 Å². The van der Waals surface area contributed by atoms with E-state index in [1.165, 1.54) is 28.1 Å². The number of hydrogen-bond acceptors (Lipinski definition) is 2. The molecule has 2 nitrogen and oxygen atoms in total. The Balaban J connectivity index is 1.24.